The third-order valence-corrected chi connectivity index (χ3v) is 4.28. The molecular formula is C20H21N3O4. The molecule has 7 nitrogen and oxygen atoms in total. The molecule has 2 heterocycles. The summed E-state index contributed by atoms with van der Waals surface area (Å²) in [7, 11) is 1.53. The number of H-pyrrole nitrogens is 1. The lowest BCUT2D eigenvalue weighted by Crippen LogP contribution is -2.15. The van der Waals surface area contributed by atoms with Crippen molar-refractivity contribution in [2.45, 2.75) is 13.8 Å². The molecule has 7 heteroatoms. The van der Waals surface area contributed by atoms with E-state index in [0.717, 1.165) is 10.9 Å². The third-order valence-electron chi connectivity index (χ3n) is 4.28. The van der Waals surface area contributed by atoms with Crippen molar-refractivity contribution in [1.29, 1.82) is 0 Å². The highest BCUT2D eigenvalue weighted by molar-refractivity contribution is 6.10. The smallest absolute Gasteiger partial charge is 0.340 e. The molecule has 140 valence electrons. The predicted molar refractivity (Wildman–Crippen MR) is 102 cm³/mol. The van der Waals surface area contributed by atoms with Crippen molar-refractivity contribution in [3.05, 3.63) is 59.0 Å². The Morgan fingerprint density at radius 1 is 1.15 bits per heavy atom. The van der Waals surface area contributed by atoms with Gasteiger partial charge in [-0.1, -0.05) is 6.07 Å². The summed E-state index contributed by atoms with van der Waals surface area (Å²) in [6.45, 7) is 3.93. The molecule has 0 aliphatic carbocycles. The Hall–Kier alpha value is -3.19. The molecule has 0 saturated heterocycles. The zero-order valence-corrected chi connectivity index (χ0v) is 15.5. The minimum atomic E-state index is -0.480. The van der Waals surface area contributed by atoms with Crippen LogP contribution in [0.5, 0.6) is 0 Å². The van der Waals surface area contributed by atoms with Crippen LogP contribution in [-0.2, 0) is 9.47 Å². The van der Waals surface area contributed by atoms with E-state index in [1.165, 1.54) is 7.11 Å². The fourth-order valence-corrected chi connectivity index (χ4v) is 2.97. The van der Waals surface area contributed by atoms with Crippen LogP contribution in [0.25, 0.3) is 10.9 Å². The van der Waals surface area contributed by atoms with E-state index in [4.69, 9.17) is 9.47 Å². The molecule has 0 atom stereocenters. The summed E-state index contributed by atoms with van der Waals surface area (Å²) < 4.78 is 10.1. The Morgan fingerprint density at radius 3 is 2.74 bits per heavy atom. The van der Waals surface area contributed by atoms with Crippen LogP contribution in [0.1, 0.15) is 32.1 Å². The molecule has 0 aliphatic heterocycles. The number of hydrogen-bond acceptors (Lipinski definition) is 5. The predicted octanol–water partition coefficient (Wildman–Crippen LogP) is 3.24. The summed E-state index contributed by atoms with van der Waals surface area (Å²) in [5.41, 5.74) is 3.27. The number of aromatic nitrogens is 2. The number of benzene rings is 1. The number of aryl methyl sites for hydroxylation is 1. The minimum absolute atomic E-state index is 0.157. The van der Waals surface area contributed by atoms with Crippen LogP contribution in [0.2, 0.25) is 0 Å². The summed E-state index contributed by atoms with van der Waals surface area (Å²) >= 11 is 0. The third kappa shape index (κ3) is 3.83. The van der Waals surface area contributed by atoms with Gasteiger partial charge in [-0.15, -0.1) is 0 Å². The lowest BCUT2D eigenvalue weighted by Gasteiger charge is -2.08. The topological polar surface area (TPSA) is 93.3 Å². The van der Waals surface area contributed by atoms with Crippen molar-refractivity contribution in [1.82, 2.24) is 9.97 Å². The first kappa shape index (κ1) is 18.6. The molecule has 0 bridgehead atoms. The number of methoxy groups -OCH3 is 1. The van der Waals surface area contributed by atoms with Gasteiger partial charge in [0.25, 0.3) is 5.91 Å². The summed E-state index contributed by atoms with van der Waals surface area (Å²) in [5, 5.41) is 3.73. The van der Waals surface area contributed by atoms with Crippen molar-refractivity contribution in [3.63, 3.8) is 0 Å². The van der Waals surface area contributed by atoms with Gasteiger partial charge in [0.1, 0.15) is 12.3 Å². The SMILES string of the molecule is COCCOC(=O)c1c(C)[nH]c(C(=O)Nc2cccc3ncccc23)c1C. The Labute approximate surface area is 156 Å². The van der Waals surface area contributed by atoms with Gasteiger partial charge >= 0.3 is 5.97 Å². The van der Waals surface area contributed by atoms with Crippen LogP contribution >= 0.6 is 0 Å². The van der Waals surface area contributed by atoms with Crippen molar-refractivity contribution in [2.75, 3.05) is 25.6 Å². The molecule has 3 rings (SSSR count). The number of esters is 1. The number of carbonyl (C=O) groups is 2. The van der Waals surface area contributed by atoms with Gasteiger partial charge in [-0.05, 0) is 43.7 Å². The monoisotopic (exact) mass is 367 g/mol. The summed E-state index contributed by atoms with van der Waals surface area (Å²) in [4.78, 5) is 32.4. The maximum atomic E-state index is 12.8. The van der Waals surface area contributed by atoms with Gasteiger partial charge in [-0.2, -0.15) is 0 Å². The number of carbonyl (C=O) groups excluding carboxylic acids is 2. The first-order valence-electron chi connectivity index (χ1n) is 8.53. The molecule has 3 aromatic rings. The molecule has 0 aliphatic rings. The number of amides is 1. The van der Waals surface area contributed by atoms with Crippen molar-refractivity contribution in [3.8, 4) is 0 Å². The molecule has 2 N–H and O–H groups in total. The van der Waals surface area contributed by atoms with E-state index in [0.29, 0.717) is 34.8 Å². The zero-order valence-electron chi connectivity index (χ0n) is 15.5. The maximum absolute atomic E-state index is 12.8. The number of pyridine rings is 1. The van der Waals surface area contributed by atoms with Crippen LogP contribution in [-0.4, -0.2) is 42.2 Å². The molecule has 0 spiro atoms. The van der Waals surface area contributed by atoms with Crippen molar-refractivity contribution in [2.24, 2.45) is 0 Å². The molecule has 1 amide bonds. The average molecular weight is 367 g/mol. The molecular weight excluding hydrogens is 346 g/mol. The highest BCUT2D eigenvalue weighted by atomic mass is 16.6. The standard InChI is InChI=1S/C20H21N3O4/c1-12-17(20(25)27-11-10-26-3)13(2)22-18(12)19(24)23-16-8-4-7-15-14(16)6-5-9-21-15/h4-9,22H,10-11H2,1-3H3,(H,23,24). The highest BCUT2D eigenvalue weighted by Gasteiger charge is 2.23. The second-order valence-corrected chi connectivity index (χ2v) is 6.08. The first-order valence-corrected chi connectivity index (χ1v) is 8.53. The number of hydrogen-bond donors (Lipinski definition) is 2. The Bertz CT molecular complexity index is 989. The maximum Gasteiger partial charge on any atom is 0.340 e. The van der Waals surface area contributed by atoms with Crippen LogP contribution < -0.4 is 5.32 Å². The molecule has 0 saturated carbocycles. The van der Waals surface area contributed by atoms with Crippen LogP contribution in [0, 0.1) is 13.8 Å². The minimum Gasteiger partial charge on any atom is -0.460 e. The van der Waals surface area contributed by atoms with Crippen LogP contribution in [0.4, 0.5) is 5.69 Å². The molecule has 27 heavy (non-hydrogen) atoms. The van der Waals surface area contributed by atoms with Crippen LogP contribution in [0.15, 0.2) is 36.5 Å². The summed E-state index contributed by atoms with van der Waals surface area (Å²) in [6.07, 6.45) is 1.70. The van der Waals surface area contributed by atoms with E-state index in [1.54, 1.807) is 20.0 Å². The molecule has 0 unspecified atom stereocenters. The van der Waals surface area contributed by atoms with Crippen molar-refractivity contribution >= 4 is 28.5 Å². The lowest BCUT2D eigenvalue weighted by molar-refractivity contribution is 0.0387. The quantitative estimate of drug-likeness (QED) is 0.515. The zero-order chi connectivity index (χ0) is 19.4. The Morgan fingerprint density at radius 2 is 1.96 bits per heavy atom. The fraction of sp³-hybridized carbons (Fsp3) is 0.250. The normalized spacial score (nSPS) is 10.8. The highest BCUT2D eigenvalue weighted by Crippen LogP contribution is 2.24. The lowest BCUT2D eigenvalue weighted by atomic mass is 10.1. The second-order valence-electron chi connectivity index (χ2n) is 6.08. The van der Waals surface area contributed by atoms with Gasteiger partial charge in [-0.3, -0.25) is 9.78 Å². The number of fused-ring (bicyclic) bond motifs is 1. The van der Waals surface area contributed by atoms with E-state index in [9.17, 15) is 9.59 Å². The first-order chi connectivity index (χ1) is 13.0. The largest absolute Gasteiger partial charge is 0.460 e. The molecule has 2 aromatic heterocycles. The Balaban J connectivity index is 1.85. The van der Waals surface area contributed by atoms with E-state index in [-0.39, 0.29) is 12.5 Å². The van der Waals surface area contributed by atoms with E-state index >= 15 is 0 Å². The second kappa shape index (κ2) is 8.01. The number of nitrogens with one attached hydrogen (secondary N) is 2. The van der Waals surface area contributed by atoms with Gasteiger partial charge in [0.15, 0.2) is 0 Å². The van der Waals surface area contributed by atoms with E-state index in [1.807, 2.05) is 30.3 Å². The van der Waals surface area contributed by atoms with E-state index < -0.39 is 5.97 Å². The Kier molecular flexibility index (Phi) is 5.52. The van der Waals surface area contributed by atoms with Gasteiger partial charge in [0.2, 0.25) is 0 Å². The number of aromatic amines is 1. The molecule has 0 radical (unpaired) electrons. The van der Waals surface area contributed by atoms with Gasteiger partial charge < -0.3 is 19.8 Å². The number of nitrogens with zero attached hydrogens (tertiary/aromatic N) is 1. The van der Waals surface area contributed by atoms with Gasteiger partial charge in [-0.25, -0.2) is 4.79 Å². The van der Waals surface area contributed by atoms with Gasteiger partial charge in [0, 0.05) is 24.4 Å². The van der Waals surface area contributed by atoms with Crippen molar-refractivity contribution < 1.29 is 19.1 Å². The summed E-state index contributed by atoms with van der Waals surface area (Å²) in [6, 6.07) is 9.23. The number of anilines is 1. The number of rotatable bonds is 6. The fourth-order valence-electron chi connectivity index (χ4n) is 2.97. The summed E-state index contributed by atoms with van der Waals surface area (Å²) in [5.74, 6) is -0.811. The van der Waals surface area contributed by atoms with E-state index in [2.05, 4.69) is 15.3 Å². The molecule has 1 aromatic carbocycles. The average Bonchev–Trinajstić information content (AvgIpc) is 2.96. The molecule has 0 fully saturated rings. The van der Waals surface area contributed by atoms with Gasteiger partial charge in [0.05, 0.1) is 23.4 Å². The number of ether oxygens (including phenoxy) is 2. The van der Waals surface area contributed by atoms with Crippen LogP contribution in [0.3, 0.4) is 0 Å².